The highest BCUT2D eigenvalue weighted by molar-refractivity contribution is 5.87. The first-order valence-electron chi connectivity index (χ1n) is 5.92. The van der Waals surface area contributed by atoms with E-state index in [1.807, 2.05) is 7.11 Å². The first-order valence-corrected chi connectivity index (χ1v) is 5.92. The van der Waals surface area contributed by atoms with Crippen molar-refractivity contribution in [2.24, 2.45) is 0 Å². The van der Waals surface area contributed by atoms with Crippen LogP contribution in [0.15, 0.2) is 24.3 Å². The molecule has 0 saturated heterocycles. The van der Waals surface area contributed by atoms with Gasteiger partial charge in [0.05, 0.1) is 12.0 Å². The number of hydrogen-bond acceptors (Lipinski definition) is 1. The smallest absolute Gasteiger partial charge is 0.180 e. The SMILES string of the molecule is COC1CC2c3ccccc3C1C(C)=[N+]2C. The number of hydrogen-bond donors (Lipinski definition) is 0. The molecular weight excluding hydrogens is 198 g/mol. The topological polar surface area (TPSA) is 12.2 Å². The Morgan fingerprint density at radius 1 is 1.25 bits per heavy atom. The van der Waals surface area contributed by atoms with Crippen LogP contribution in [-0.4, -0.2) is 30.5 Å². The predicted octanol–water partition coefficient (Wildman–Crippen LogP) is 2.35. The highest BCUT2D eigenvalue weighted by atomic mass is 16.5. The van der Waals surface area contributed by atoms with Gasteiger partial charge in [0.25, 0.3) is 0 Å². The third-order valence-electron chi connectivity index (χ3n) is 4.29. The maximum absolute atomic E-state index is 5.65. The van der Waals surface area contributed by atoms with E-state index >= 15 is 0 Å². The monoisotopic (exact) mass is 216 g/mol. The van der Waals surface area contributed by atoms with Crippen molar-refractivity contribution < 1.29 is 9.31 Å². The second-order valence-corrected chi connectivity index (χ2v) is 4.88. The molecule has 1 aromatic carbocycles. The van der Waals surface area contributed by atoms with Crippen molar-refractivity contribution in [3.05, 3.63) is 35.4 Å². The number of fused-ring (bicyclic) bond motifs is 1. The van der Waals surface area contributed by atoms with Crippen LogP contribution in [0.25, 0.3) is 0 Å². The molecule has 2 nitrogen and oxygen atoms in total. The van der Waals surface area contributed by atoms with Crippen molar-refractivity contribution in [3.8, 4) is 0 Å². The number of rotatable bonds is 1. The lowest BCUT2D eigenvalue weighted by molar-refractivity contribution is -0.558. The van der Waals surface area contributed by atoms with E-state index in [0.717, 1.165) is 6.42 Å². The van der Waals surface area contributed by atoms with E-state index in [2.05, 4.69) is 42.8 Å². The Balaban J connectivity index is 2.20. The Kier molecular flexibility index (Phi) is 2.15. The normalized spacial score (nSPS) is 31.8. The van der Waals surface area contributed by atoms with Gasteiger partial charge in [0.15, 0.2) is 11.8 Å². The number of ether oxygens (including phenoxy) is 1. The molecule has 0 spiro atoms. The van der Waals surface area contributed by atoms with Crippen LogP contribution in [0, 0.1) is 0 Å². The molecular formula is C14H18NO+. The van der Waals surface area contributed by atoms with Crippen LogP contribution in [0.3, 0.4) is 0 Å². The third kappa shape index (κ3) is 1.14. The van der Waals surface area contributed by atoms with Crippen molar-refractivity contribution >= 4 is 5.71 Å². The lowest BCUT2D eigenvalue weighted by Gasteiger charge is -2.39. The fourth-order valence-corrected chi connectivity index (χ4v) is 3.34. The van der Waals surface area contributed by atoms with Crippen molar-refractivity contribution in [1.82, 2.24) is 0 Å². The fraction of sp³-hybridized carbons (Fsp3) is 0.500. The second kappa shape index (κ2) is 3.42. The van der Waals surface area contributed by atoms with Crippen LogP contribution in [0.4, 0.5) is 0 Å². The summed E-state index contributed by atoms with van der Waals surface area (Å²) in [6, 6.07) is 9.31. The summed E-state index contributed by atoms with van der Waals surface area (Å²) in [6.07, 6.45) is 1.47. The van der Waals surface area contributed by atoms with Gasteiger partial charge in [0, 0.05) is 26.0 Å². The van der Waals surface area contributed by atoms with Crippen LogP contribution in [0.1, 0.15) is 36.4 Å². The van der Waals surface area contributed by atoms with Crippen LogP contribution in [0.5, 0.6) is 0 Å². The molecule has 0 amide bonds. The Morgan fingerprint density at radius 3 is 2.62 bits per heavy atom. The summed E-state index contributed by atoms with van der Waals surface area (Å²) in [5, 5.41) is 0. The minimum Gasteiger partial charge on any atom is -0.380 e. The van der Waals surface area contributed by atoms with Gasteiger partial charge in [-0.05, 0) is 5.56 Å². The van der Waals surface area contributed by atoms with E-state index in [1.54, 1.807) is 0 Å². The summed E-state index contributed by atoms with van der Waals surface area (Å²) in [4.78, 5) is 0. The first kappa shape index (κ1) is 10.0. The zero-order chi connectivity index (χ0) is 11.3. The van der Waals surface area contributed by atoms with E-state index in [0.29, 0.717) is 18.1 Å². The Labute approximate surface area is 96.6 Å². The van der Waals surface area contributed by atoms with Gasteiger partial charge in [-0.25, -0.2) is 4.58 Å². The van der Waals surface area contributed by atoms with Crippen molar-refractivity contribution in [3.63, 3.8) is 0 Å². The van der Waals surface area contributed by atoms with Gasteiger partial charge in [0.2, 0.25) is 0 Å². The van der Waals surface area contributed by atoms with E-state index in [1.165, 1.54) is 16.8 Å². The maximum Gasteiger partial charge on any atom is 0.180 e. The summed E-state index contributed by atoms with van der Waals surface area (Å²) >= 11 is 0. The summed E-state index contributed by atoms with van der Waals surface area (Å²) in [5.74, 6) is 0.455. The average Bonchev–Trinajstić information content (AvgIpc) is 2.34. The summed E-state index contributed by atoms with van der Waals surface area (Å²) in [7, 11) is 4.04. The minimum atomic E-state index is 0.358. The van der Waals surface area contributed by atoms with Crippen LogP contribution >= 0.6 is 0 Å². The summed E-state index contributed by atoms with van der Waals surface area (Å²) < 4.78 is 8.07. The molecule has 0 aromatic heterocycles. The third-order valence-corrected chi connectivity index (χ3v) is 4.29. The minimum absolute atomic E-state index is 0.358. The van der Waals surface area contributed by atoms with Crippen LogP contribution in [-0.2, 0) is 4.74 Å². The second-order valence-electron chi connectivity index (χ2n) is 4.88. The molecule has 0 radical (unpaired) electrons. The number of nitrogens with zero attached hydrogens (tertiary/aromatic N) is 1. The Hall–Kier alpha value is -1.15. The Morgan fingerprint density at radius 2 is 1.94 bits per heavy atom. The molecule has 2 heterocycles. The number of benzene rings is 1. The van der Waals surface area contributed by atoms with E-state index in [9.17, 15) is 0 Å². The molecule has 2 bridgehead atoms. The van der Waals surface area contributed by atoms with Gasteiger partial charge in [-0.3, -0.25) is 0 Å². The molecule has 3 atom stereocenters. The summed E-state index contributed by atoms with van der Waals surface area (Å²) in [6.45, 7) is 2.23. The van der Waals surface area contributed by atoms with Gasteiger partial charge in [-0.15, -0.1) is 0 Å². The molecule has 2 heteroatoms. The Bertz CT molecular complexity index is 464. The molecule has 0 fully saturated rings. The summed E-state index contributed by atoms with van der Waals surface area (Å²) in [5.41, 5.74) is 4.41. The largest absolute Gasteiger partial charge is 0.380 e. The van der Waals surface area contributed by atoms with Gasteiger partial charge < -0.3 is 4.74 Å². The molecule has 16 heavy (non-hydrogen) atoms. The van der Waals surface area contributed by atoms with E-state index in [4.69, 9.17) is 4.74 Å². The van der Waals surface area contributed by atoms with Gasteiger partial charge in [0.1, 0.15) is 7.05 Å². The van der Waals surface area contributed by atoms with E-state index < -0.39 is 0 Å². The molecule has 1 aromatic rings. The molecule has 4 rings (SSSR count). The molecule has 84 valence electrons. The average molecular weight is 216 g/mol. The van der Waals surface area contributed by atoms with Crippen molar-refractivity contribution in [2.45, 2.75) is 31.4 Å². The standard InChI is InChI=1S/C14H18NO/c1-9-14-11-7-5-4-6-10(11)12(15(9)2)8-13(14)16-3/h4-7,12-14H,8H2,1-3H3/q+1. The highest BCUT2D eigenvalue weighted by Crippen LogP contribution is 2.45. The molecule has 0 saturated carbocycles. The predicted molar refractivity (Wildman–Crippen MR) is 64.2 cm³/mol. The van der Waals surface area contributed by atoms with Crippen LogP contribution < -0.4 is 0 Å². The fourth-order valence-electron chi connectivity index (χ4n) is 3.34. The van der Waals surface area contributed by atoms with Gasteiger partial charge >= 0.3 is 0 Å². The molecule has 3 unspecified atom stereocenters. The molecule has 3 aliphatic rings. The van der Waals surface area contributed by atoms with Gasteiger partial charge in [-0.1, -0.05) is 24.3 Å². The lowest BCUT2D eigenvalue weighted by Crippen LogP contribution is -2.45. The molecule has 0 N–H and O–H groups in total. The quantitative estimate of drug-likeness (QED) is 0.656. The molecule has 1 aliphatic carbocycles. The number of methoxy groups -OCH3 is 1. The van der Waals surface area contributed by atoms with E-state index in [-0.39, 0.29) is 0 Å². The zero-order valence-electron chi connectivity index (χ0n) is 10.1. The van der Waals surface area contributed by atoms with Crippen molar-refractivity contribution in [2.75, 3.05) is 14.2 Å². The highest BCUT2D eigenvalue weighted by Gasteiger charge is 2.47. The van der Waals surface area contributed by atoms with Gasteiger partial charge in [-0.2, -0.15) is 0 Å². The molecule has 2 aliphatic heterocycles. The zero-order valence-corrected chi connectivity index (χ0v) is 10.1. The maximum atomic E-state index is 5.65. The lowest BCUT2D eigenvalue weighted by atomic mass is 9.72. The van der Waals surface area contributed by atoms with Crippen LogP contribution in [0.2, 0.25) is 0 Å². The van der Waals surface area contributed by atoms with Crippen molar-refractivity contribution in [1.29, 1.82) is 0 Å². The first-order chi connectivity index (χ1) is 7.74.